The molecule has 1 atom stereocenters. The summed E-state index contributed by atoms with van der Waals surface area (Å²) in [5.74, 6) is 1.56. The molecular weight excluding hydrogens is 204 g/mol. The summed E-state index contributed by atoms with van der Waals surface area (Å²) >= 11 is 0. The van der Waals surface area contributed by atoms with Crippen LogP contribution in [-0.4, -0.2) is 18.8 Å². The molecule has 90 valence electrons. The van der Waals surface area contributed by atoms with Gasteiger partial charge in [-0.25, -0.2) is 0 Å². The molecule has 0 fully saturated rings. The van der Waals surface area contributed by atoms with E-state index < -0.39 is 6.10 Å². The number of hydrogen-bond acceptors (Lipinski definition) is 3. The molecule has 1 N–H and O–H groups in total. The van der Waals surface area contributed by atoms with Gasteiger partial charge in [-0.1, -0.05) is 19.9 Å². The largest absolute Gasteiger partial charge is 0.493 e. The first kappa shape index (κ1) is 12.8. The van der Waals surface area contributed by atoms with Crippen LogP contribution in [0.1, 0.15) is 32.4 Å². The van der Waals surface area contributed by atoms with Crippen LogP contribution in [-0.2, 0) is 0 Å². The standard InChI is InChI=1S/C13H20O3/c1-5-16-11-7-6-10(8-12(11)15-4)13(14)9(2)3/h6-9,13-14H,5H2,1-4H3. The van der Waals surface area contributed by atoms with Gasteiger partial charge in [0.2, 0.25) is 0 Å². The topological polar surface area (TPSA) is 38.7 Å². The summed E-state index contributed by atoms with van der Waals surface area (Å²) in [7, 11) is 1.60. The molecule has 0 saturated heterocycles. The van der Waals surface area contributed by atoms with Crippen molar-refractivity contribution >= 4 is 0 Å². The average molecular weight is 224 g/mol. The van der Waals surface area contributed by atoms with Crippen molar-refractivity contribution in [3.05, 3.63) is 23.8 Å². The molecule has 16 heavy (non-hydrogen) atoms. The van der Waals surface area contributed by atoms with Crippen molar-refractivity contribution in [2.45, 2.75) is 26.9 Å². The van der Waals surface area contributed by atoms with Crippen LogP contribution in [0.2, 0.25) is 0 Å². The molecule has 0 spiro atoms. The van der Waals surface area contributed by atoms with E-state index in [0.29, 0.717) is 18.1 Å². The summed E-state index contributed by atoms with van der Waals surface area (Å²) in [5, 5.41) is 9.94. The van der Waals surface area contributed by atoms with E-state index in [1.165, 1.54) is 0 Å². The minimum Gasteiger partial charge on any atom is -0.493 e. The van der Waals surface area contributed by atoms with E-state index in [9.17, 15) is 5.11 Å². The van der Waals surface area contributed by atoms with E-state index in [1.807, 2.05) is 39.0 Å². The first-order valence-corrected chi connectivity index (χ1v) is 5.59. The van der Waals surface area contributed by atoms with Crippen LogP contribution in [0.4, 0.5) is 0 Å². The molecule has 0 saturated carbocycles. The fraction of sp³-hybridized carbons (Fsp3) is 0.538. The molecule has 1 rings (SSSR count). The Bertz CT molecular complexity index is 334. The molecule has 3 heteroatoms. The van der Waals surface area contributed by atoms with Gasteiger partial charge >= 0.3 is 0 Å². The summed E-state index contributed by atoms with van der Waals surface area (Å²) in [6, 6.07) is 5.54. The second kappa shape index (κ2) is 5.75. The lowest BCUT2D eigenvalue weighted by Gasteiger charge is -2.17. The lowest BCUT2D eigenvalue weighted by atomic mass is 9.99. The smallest absolute Gasteiger partial charge is 0.161 e. The van der Waals surface area contributed by atoms with Crippen LogP contribution in [0.5, 0.6) is 11.5 Å². The lowest BCUT2D eigenvalue weighted by Crippen LogP contribution is -2.06. The van der Waals surface area contributed by atoms with E-state index in [0.717, 1.165) is 5.56 Å². The molecule has 0 amide bonds. The zero-order valence-corrected chi connectivity index (χ0v) is 10.4. The second-order valence-corrected chi connectivity index (χ2v) is 4.03. The predicted octanol–water partition coefficient (Wildman–Crippen LogP) is 2.78. The minimum atomic E-state index is -0.468. The number of methoxy groups -OCH3 is 1. The predicted molar refractivity (Wildman–Crippen MR) is 64.0 cm³/mol. The van der Waals surface area contributed by atoms with Gasteiger partial charge in [0.25, 0.3) is 0 Å². The third-order valence-corrected chi connectivity index (χ3v) is 2.46. The summed E-state index contributed by atoms with van der Waals surface area (Å²) < 4.78 is 10.6. The van der Waals surface area contributed by atoms with Crippen molar-refractivity contribution in [3.63, 3.8) is 0 Å². The number of aliphatic hydroxyl groups excluding tert-OH is 1. The normalized spacial score (nSPS) is 12.6. The Morgan fingerprint density at radius 2 is 1.94 bits per heavy atom. The SMILES string of the molecule is CCOc1ccc(C(O)C(C)C)cc1OC. The highest BCUT2D eigenvalue weighted by Gasteiger charge is 2.14. The molecule has 1 unspecified atom stereocenters. The molecule has 0 aliphatic rings. The number of aliphatic hydroxyl groups is 1. The summed E-state index contributed by atoms with van der Waals surface area (Å²) in [6.07, 6.45) is -0.468. The molecule has 3 nitrogen and oxygen atoms in total. The number of ether oxygens (including phenoxy) is 2. The van der Waals surface area contributed by atoms with Gasteiger partial charge in [0.1, 0.15) is 0 Å². The Morgan fingerprint density at radius 3 is 2.44 bits per heavy atom. The van der Waals surface area contributed by atoms with Crippen molar-refractivity contribution in [1.82, 2.24) is 0 Å². The van der Waals surface area contributed by atoms with Crippen LogP contribution in [0.15, 0.2) is 18.2 Å². The van der Waals surface area contributed by atoms with Crippen LogP contribution in [0.25, 0.3) is 0 Å². The summed E-state index contributed by atoms with van der Waals surface area (Å²) in [6.45, 7) is 6.49. The summed E-state index contributed by atoms with van der Waals surface area (Å²) in [5.41, 5.74) is 0.857. The van der Waals surface area contributed by atoms with E-state index in [-0.39, 0.29) is 5.92 Å². The van der Waals surface area contributed by atoms with E-state index in [2.05, 4.69) is 0 Å². The lowest BCUT2D eigenvalue weighted by molar-refractivity contribution is 0.126. The fourth-order valence-corrected chi connectivity index (χ4v) is 1.53. The zero-order valence-electron chi connectivity index (χ0n) is 10.4. The van der Waals surface area contributed by atoms with E-state index in [4.69, 9.17) is 9.47 Å². The Hall–Kier alpha value is -1.22. The van der Waals surface area contributed by atoms with Gasteiger partial charge < -0.3 is 14.6 Å². The first-order chi connectivity index (χ1) is 7.60. The molecule has 0 bridgehead atoms. The van der Waals surface area contributed by atoms with Gasteiger partial charge in [-0.3, -0.25) is 0 Å². The summed E-state index contributed by atoms with van der Waals surface area (Å²) in [4.78, 5) is 0. The highest BCUT2D eigenvalue weighted by molar-refractivity contribution is 5.43. The van der Waals surface area contributed by atoms with Gasteiger partial charge in [0.05, 0.1) is 19.8 Å². The molecule has 0 aliphatic heterocycles. The second-order valence-electron chi connectivity index (χ2n) is 4.03. The van der Waals surface area contributed by atoms with Crippen LogP contribution < -0.4 is 9.47 Å². The van der Waals surface area contributed by atoms with Crippen molar-refractivity contribution < 1.29 is 14.6 Å². The number of rotatable bonds is 5. The Balaban J connectivity index is 2.99. The molecule has 0 heterocycles. The van der Waals surface area contributed by atoms with Crippen molar-refractivity contribution in [2.24, 2.45) is 5.92 Å². The monoisotopic (exact) mass is 224 g/mol. The van der Waals surface area contributed by atoms with Gasteiger partial charge in [-0.15, -0.1) is 0 Å². The van der Waals surface area contributed by atoms with Crippen molar-refractivity contribution in [2.75, 3.05) is 13.7 Å². The Labute approximate surface area is 97.0 Å². The molecular formula is C13H20O3. The molecule has 0 radical (unpaired) electrons. The molecule has 1 aromatic rings. The number of benzene rings is 1. The van der Waals surface area contributed by atoms with Crippen LogP contribution >= 0.6 is 0 Å². The highest BCUT2D eigenvalue weighted by atomic mass is 16.5. The van der Waals surface area contributed by atoms with Crippen molar-refractivity contribution in [1.29, 1.82) is 0 Å². The third kappa shape index (κ3) is 2.89. The van der Waals surface area contributed by atoms with Crippen LogP contribution in [0, 0.1) is 5.92 Å². The average Bonchev–Trinajstić information content (AvgIpc) is 2.29. The van der Waals surface area contributed by atoms with Crippen LogP contribution in [0.3, 0.4) is 0 Å². The van der Waals surface area contributed by atoms with Gasteiger partial charge in [-0.05, 0) is 30.5 Å². The minimum absolute atomic E-state index is 0.183. The van der Waals surface area contributed by atoms with Gasteiger partial charge in [0, 0.05) is 0 Å². The highest BCUT2D eigenvalue weighted by Crippen LogP contribution is 2.32. The fourth-order valence-electron chi connectivity index (χ4n) is 1.53. The Kier molecular flexibility index (Phi) is 4.62. The third-order valence-electron chi connectivity index (χ3n) is 2.46. The van der Waals surface area contributed by atoms with E-state index >= 15 is 0 Å². The quantitative estimate of drug-likeness (QED) is 0.835. The molecule has 1 aromatic carbocycles. The van der Waals surface area contributed by atoms with Gasteiger partial charge in [0.15, 0.2) is 11.5 Å². The molecule has 0 aliphatic carbocycles. The van der Waals surface area contributed by atoms with E-state index in [1.54, 1.807) is 7.11 Å². The maximum atomic E-state index is 9.94. The molecule has 0 aromatic heterocycles. The van der Waals surface area contributed by atoms with Gasteiger partial charge in [-0.2, -0.15) is 0 Å². The Morgan fingerprint density at radius 1 is 1.25 bits per heavy atom. The zero-order chi connectivity index (χ0) is 12.1. The number of hydrogen-bond donors (Lipinski definition) is 1. The maximum absolute atomic E-state index is 9.94. The maximum Gasteiger partial charge on any atom is 0.161 e. The first-order valence-electron chi connectivity index (χ1n) is 5.59. The van der Waals surface area contributed by atoms with Crippen molar-refractivity contribution in [3.8, 4) is 11.5 Å².